The van der Waals surface area contributed by atoms with Gasteiger partial charge in [-0.15, -0.1) is 0 Å². The number of rotatable bonds is 4. The number of aromatic nitrogens is 2. The van der Waals surface area contributed by atoms with Gasteiger partial charge in [0.25, 0.3) is 0 Å². The SMILES string of the molecule is NS(=O)(=O)c1ccc(-n2nc(C(F)(F)F)cc2-c2ccc(-c3ccoc3)cc2)cc1. The zero-order valence-corrected chi connectivity index (χ0v) is 16.0. The molecule has 0 aliphatic rings. The Labute approximate surface area is 169 Å². The predicted molar refractivity (Wildman–Crippen MR) is 103 cm³/mol. The van der Waals surface area contributed by atoms with Crippen LogP contribution in [0.1, 0.15) is 5.69 Å². The number of alkyl halides is 3. The van der Waals surface area contributed by atoms with E-state index >= 15 is 0 Å². The van der Waals surface area contributed by atoms with Crippen LogP contribution in [0.2, 0.25) is 0 Å². The van der Waals surface area contributed by atoms with E-state index in [0.29, 0.717) is 5.56 Å². The van der Waals surface area contributed by atoms with Crippen LogP contribution in [0.4, 0.5) is 13.2 Å². The Morgan fingerprint density at radius 1 is 0.900 bits per heavy atom. The van der Waals surface area contributed by atoms with Crippen molar-refractivity contribution in [3.05, 3.63) is 78.9 Å². The van der Waals surface area contributed by atoms with Gasteiger partial charge in [0.15, 0.2) is 5.69 Å². The van der Waals surface area contributed by atoms with E-state index in [-0.39, 0.29) is 16.3 Å². The van der Waals surface area contributed by atoms with Crippen molar-refractivity contribution in [2.75, 3.05) is 0 Å². The summed E-state index contributed by atoms with van der Waals surface area (Å²) in [6.45, 7) is 0. The number of furan rings is 1. The van der Waals surface area contributed by atoms with Crippen molar-refractivity contribution in [3.8, 4) is 28.1 Å². The summed E-state index contributed by atoms with van der Waals surface area (Å²) in [5.41, 5.74) is 1.57. The zero-order valence-electron chi connectivity index (χ0n) is 15.2. The second kappa shape index (κ2) is 7.15. The van der Waals surface area contributed by atoms with Crippen molar-refractivity contribution in [1.82, 2.24) is 9.78 Å². The highest BCUT2D eigenvalue weighted by molar-refractivity contribution is 7.89. The van der Waals surface area contributed by atoms with Gasteiger partial charge in [-0.05, 0) is 42.0 Å². The first-order chi connectivity index (χ1) is 14.1. The molecular weight excluding hydrogens is 419 g/mol. The fourth-order valence-corrected chi connectivity index (χ4v) is 3.48. The molecule has 0 saturated heterocycles. The smallest absolute Gasteiger partial charge is 0.435 e. The first kappa shape index (κ1) is 19.9. The van der Waals surface area contributed by atoms with Gasteiger partial charge in [0.05, 0.1) is 28.8 Å². The summed E-state index contributed by atoms with van der Waals surface area (Å²) in [6.07, 6.45) is -1.55. The minimum Gasteiger partial charge on any atom is -0.472 e. The largest absolute Gasteiger partial charge is 0.472 e. The van der Waals surface area contributed by atoms with E-state index in [1.165, 1.54) is 30.5 Å². The fourth-order valence-electron chi connectivity index (χ4n) is 2.96. The molecule has 0 saturated carbocycles. The van der Waals surface area contributed by atoms with Gasteiger partial charge in [-0.2, -0.15) is 18.3 Å². The minimum atomic E-state index is -4.64. The number of nitrogens with two attached hydrogens (primary N) is 1. The lowest BCUT2D eigenvalue weighted by molar-refractivity contribution is -0.141. The molecule has 2 aromatic carbocycles. The standard InChI is InChI=1S/C20H14F3N3O3S/c21-20(22,23)19-11-18(14-3-1-13(2-4-14)15-9-10-29-12-15)26(25-19)16-5-7-17(8-6-16)30(24,27)28/h1-12H,(H2,24,27,28). The van der Waals surface area contributed by atoms with Gasteiger partial charge in [0, 0.05) is 11.1 Å². The molecule has 0 radical (unpaired) electrons. The van der Waals surface area contributed by atoms with Gasteiger partial charge in [-0.3, -0.25) is 0 Å². The normalized spacial score (nSPS) is 12.3. The van der Waals surface area contributed by atoms with Gasteiger partial charge < -0.3 is 4.42 Å². The summed E-state index contributed by atoms with van der Waals surface area (Å²) in [5.74, 6) is 0. The number of hydrogen-bond acceptors (Lipinski definition) is 4. The average Bonchev–Trinajstić information content (AvgIpc) is 3.37. The van der Waals surface area contributed by atoms with Gasteiger partial charge in [-0.1, -0.05) is 24.3 Å². The average molecular weight is 433 g/mol. The maximum atomic E-state index is 13.3. The number of halogens is 3. The lowest BCUT2D eigenvalue weighted by Gasteiger charge is -2.09. The Kier molecular flexibility index (Phi) is 4.75. The molecule has 0 fully saturated rings. The molecule has 4 aromatic rings. The third-order valence-corrected chi connectivity index (χ3v) is 5.37. The molecule has 0 unspecified atom stereocenters. The van der Waals surface area contributed by atoms with Crippen LogP contribution in [-0.2, 0) is 16.2 Å². The minimum absolute atomic E-state index is 0.152. The number of nitrogens with zero attached hydrogens (tertiary/aromatic N) is 2. The van der Waals surface area contributed by atoms with Crippen LogP contribution in [0, 0.1) is 0 Å². The van der Waals surface area contributed by atoms with E-state index in [1.54, 1.807) is 36.6 Å². The highest BCUT2D eigenvalue weighted by Gasteiger charge is 2.35. The molecule has 30 heavy (non-hydrogen) atoms. The van der Waals surface area contributed by atoms with Crippen LogP contribution >= 0.6 is 0 Å². The number of benzene rings is 2. The lowest BCUT2D eigenvalue weighted by Crippen LogP contribution is -2.12. The van der Waals surface area contributed by atoms with E-state index in [1.807, 2.05) is 0 Å². The van der Waals surface area contributed by atoms with Gasteiger partial charge in [0.2, 0.25) is 10.0 Å². The van der Waals surface area contributed by atoms with Crippen LogP contribution < -0.4 is 5.14 Å². The lowest BCUT2D eigenvalue weighted by atomic mass is 10.0. The monoisotopic (exact) mass is 433 g/mol. The summed E-state index contributed by atoms with van der Waals surface area (Å²) in [4.78, 5) is -0.152. The predicted octanol–water partition coefficient (Wildman–Crippen LogP) is 4.47. The maximum Gasteiger partial charge on any atom is 0.435 e. The van der Waals surface area contributed by atoms with Gasteiger partial charge in [-0.25, -0.2) is 18.2 Å². The number of primary sulfonamides is 1. The van der Waals surface area contributed by atoms with Crippen molar-refractivity contribution < 1.29 is 26.0 Å². The van der Waals surface area contributed by atoms with Crippen molar-refractivity contribution in [1.29, 1.82) is 0 Å². The molecule has 0 amide bonds. The molecule has 0 spiro atoms. The molecule has 154 valence electrons. The first-order valence-corrected chi connectivity index (χ1v) is 10.1. The summed E-state index contributed by atoms with van der Waals surface area (Å²) in [7, 11) is -3.93. The molecule has 4 rings (SSSR count). The molecule has 0 bridgehead atoms. The van der Waals surface area contributed by atoms with Crippen LogP contribution in [0.5, 0.6) is 0 Å². The molecule has 2 N–H and O–H groups in total. The molecule has 2 heterocycles. The summed E-state index contributed by atoms with van der Waals surface area (Å²) in [5, 5.41) is 8.76. The molecule has 10 heteroatoms. The van der Waals surface area contributed by atoms with Crippen LogP contribution in [0.3, 0.4) is 0 Å². The van der Waals surface area contributed by atoms with Gasteiger partial charge in [0.1, 0.15) is 0 Å². The maximum absolute atomic E-state index is 13.3. The Bertz CT molecular complexity index is 1280. The Morgan fingerprint density at radius 3 is 2.07 bits per heavy atom. The van der Waals surface area contributed by atoms with Crippen molar-refractivity contribution in [2.45, 2.75) is 11.1 Å². The number of sulfonamides is 1. The van der Waals surface area contributed by atoms with Gasteiger partial charge >= 0.3 is 6.18 Å². The summed E-state index contributed by atoms with van der Waals surface area (Å²) >= 11 is 0. The van der Waals surface area contributed by atoms with Crippen molar-refractivity contribution in [2.24, 2.45) is 5.14 Å². The highest BCUT2D eigenvalue weighted by atomic mass is 32.2. The Balaban J connectivity index is 1.80. The fraction of sp³-hybridized carbons (Fsp3) is 0.0500. The van der Waals surface area contributed by atoms with E-state index in [4.69, 9.17) is 9.56 Å². The number of hydrogen-bond donors (Lipinski definition) is 1. The summed E-state index contributed by atoms with van der Waals surface area (Å²) < 4.78 is 68.9. The van der Waals surface area contributed by atoms with Crippen LogP contribution in [0.15, 0.2) is 82.5 Å². The Morgan fingerprint density at radius 2 is 1.53 bits per heavy atom. The topological polar surface area (TPSA) is 91.1 Å². The van der Waals surface area contributed by atoms with E-state index < -0.39 is 21.9 Å². The molecule has 2 aromatic heterocycles. The second-order valence-electron chi connectivity index (χ2n) is 6.45. The molecule has 0 aliphatic carbocycles. The van der Waals surface area contributed by atoms with Crippen LogP contribution in [-0.4, -0.2) is 18.2 Å². The van der Waals surface area contributed by atoms with E-state index in [2.05, 4.69) is 5.10 Å². The van der Waals surface area contributed by atoms with E-state index in [0.717, 1.165) is 21.9 Å². The second-order valence-corrected chi connectivity index (χ2v) is 8.01. The van der Waals surface area contributed by atoms with E-state index in [9.17, 15) is 21.6 Å². The third kappa shape index (κ3) is 3.87. The molecule has 6 nitrogen and oxygen atoms in total. The third-order valence-electron chi connectivity index (χ3n) is 4.44. The summed E-state index contributed by atoms with van der Waals surface area (Å²) in [6, 6.07) is 14.7. The molecular formula is C20H14F3N3O3S. The molecule has 0 atom stereocenters. The molecule has 0 aliphatic heterocycles. The highest BCUT2D eigenvalue weighted by Crippen LogP contribution is 2.34. The van der Waals surface area contributed by atoms with Crippen molar-refractivity contribution >= 4 is 10.0 Å². The van der Waals surface area contributed by atoms with Crippen LogP contribution in [0.25, 0.3) is 28.1 Å². The zero-order chi connectivity index (χ0) is 21.5. The Hall–Kier alpha value is -3.37. The quantitative estimate of drug-likeness (QED) is 0.514. The van der Waals surface area contributed by atoms with Crippen molar-refractivity contribution in [3.63, 3.8) is 0 Å². The first-order valence-electron chi connectivity index (χ1n) is 8.56.